The van der Waals surface area contributed by atoms with Gasteiger partial charge in [0, 0.05) is 54.3 Å². The Labute approximate surface area is 168 Å². The van der Waals surface area contributed by atoms with E-state index in [-0.39, 0.29) is 5.91 Å². The number of aryl methyl sites for hydroxylation is 2. The Balaban J connectivity index is 1.40. The molecule has 0 unspecified atom stereocenters. The predicted molar refractivity (Wildman–Crippen MR) is 108 cm³/mol. The summed E-state index contributed by atoms with van der Waals surface area (Å²) in [4.78, 5) is 15.0. The van der Waals surface area contributed by atoms with Gasteiger partial charge in [-0.3, -0.25) is 9.89 Å². The standard InChI is InChI=1S/C22H21N5O2/c1-14-12-18(15(2)29-14)21-19-13-26(11-8-20(19)24-25-21)22(28)16-4-6-17(7-5-16)27-10-3-9-23-27/h3-7,9-10,12H,8,11,13H2,1-2H3,(H,24,25). The summed E-state index contributed by atoms with van der Waals surface area (Å²) >= 11 is 0. The van der Waals surface area contributed by atoms with E-state index in [1.54, 1.807) is 10.9 Å². The number of benzene rings is 1. The van der Waals surface area contributed by atoms with Gasteiger partial charge in [-0.2, -0.15) is 10.2 Å². The van der Waals surface area contributed by atoms with Crippen LogP contribution < -0.4 is 0 Å². The van der Waals surface area contributed by atoms with Crippen molar-refractivity contribution in [1.82, 2.24) is 24.9 Å². The minimum absolute atomic E-state index is 0.0231. The first-order chi connectivity index (χ1) is 14.1. The number of carbonyl (C=O) groups excluding carboxylic acids is 1. The first-order valence-corrected chi connectivity index (χ1v) is 9.63. The van der Waals surface area contributed by atoms with E-state index in [2.05, 4.69) is 15.3 Å². The predicted octanol–water partition coefficient (Wildman–Crippen LogP) is 3.67. The van der Waals surface area contributed by atoms with E-state index in [1.807, 2.05) is 61.3 Å². The van der Waals surface area contributed by atoms with Crippen LogP contribution in [0.1, 0.15) is 33.1 Å². The van der Waals surface area contributed by atoms with E-state index in [0.29, 0.717) is 18.7 Å². The summed E-state index contributed by atoms with van der Waals surface area (Å²) < 4.78 is 7.45. The van der Waals surface area contributed by atoms with Gasteiger partial charge in [0.2, 0.25) is 0 Å². The van der Waals surface area contributed by atoms with E-state index >= 15 is 0 Å². The minimum atomic E-state index is 0.0231. The van der Waals surface area contributed by atoms with Gasteiger partial charge in [0.25, 0.3) is 5.91 Å². The molecule has 7 nitrogen and oxygen atoms in total. The number of hydrogen-bond donors (Lipinski definition) is 1. The Kier molecular flexibility index (Phi) is 4.08. The molecular weight excluding hydrogens is 366 g/mol. The van der Waals surface area contributed by atoms with E-state index in [1.165, 1.54) is 0 Å². The van der Waals surface area contributed by atoms with E-state index in [0.717, 1.165) is 46.1 Å². The average Bonchev–Trinajstić information content (AvgIpc) is 3.47. The average molecular weight is 387 g/mol. The molecule has 0 aliphatic carbocycles. The first kappa shape index (κ1) is 17.5. The third-order valence-electron chi connectivity index (χ3n) is 5.40. The summed E-state index contributed by atoms with van der Waals surface area (Å²) in [6.07, 6.45) is 4.37. The topological polar surface area (TPSA) is 80.0 Å². The molecule has 3 aromatic heterocycles. The molecule has 0 atom stereocenters. The molecule has 4 aromatic rings. The number of nitrogens with one attached hydrogen (secondary N) is 1. The molecule has 29 heavy (non-hydrogen) atoms. The summed E-state index contributed by atoms with van der Waals surface area (Å²) in [6, 6.07) is 11.4. The number of fused-ring (bicyclic) bond motifs is 1. The number of carbonyl (C=O) groups is 1. The summed E-state index contributed by atoms with van der Waals surface area (Å²) in [5.74, 6) is 1.72. The molecule has 0 spiro atoms. The van der Waals surface area contributed by atoms with E-state index in [4.69, 9.17) is 4.42 Å². The fourth-order valence-electron chi connectivity index (χ4n) is 3.92. The number of aromatic amines is 1. The summed E-state index contributed by atoms with van der Waals surface area (Å²) in [5, 5.41) is 11.9. The first-order valence-electron chi connectivity index (χ1n) is 9.63. The Bertz CT molecular complexity index is 1170. The Morgan fingerprint density at radius 2 is 2.03 bits per heavy atom. The zero-order valence-electron chi connectivity index (χ0n) is 16.3. The highest BCUT2D eigenvalue weighted by molar-refractivity contribution is 5.94. The van der Waals surface area contributed by atoms with Gasteiger partial charge in [0.15, 0.2) is 0 Å². The molecule has 0 saturated carbocycles. The van der Waals surface area contributed by atoms with Gasteiger partial charge in [-0.25, -0.2) is 4.68 Å². The molecule has 1 amide bonds. The van der Waals surface area contributed by atoms with Crippen molar-refractivity contribution in [3.05, 3.63) is 77.1 Å². The van der Waals surface area contributed by atoms with Crippen molar-refractivity contribution in [2.75, 3.05) is 6.54 Å². The van der Waals surface area contributed by atoms with E-state index in [9.17, 15) is 4.79 Å². The molecule has 1 aromatic carbocycles. The third kappa shape index (κ3) is 3.04. The van der Waals surface area contributed by atoms with Crippen LogP contribution in [-0.2, 0) is 13.0 Å². The zero-order chi connectivity index (χ0) is 20.0. The monoisotopic (exact) mass is 387 g/mol. The number of rotatable bonds is 3. The number of aromatic nitrogens is 4. The van der Waals surface area contributed by atoms with Gasteiger partial charge in [-0.05, 0) is 50.2 Å². The highest BCUT2D eigenvalue weighted by Crippen LogP contribution is 2.32. The molecule has 0 radical (unpaired) electrons. The second-order valence-corrected chi connectivity index (χ2v) is 7.33. The van der Waals surface area contributed by atoms with Crippen LogP contribution in [0.5, 0.6) is 0 Å². The maximum atomic E-state index is 13.1. The lowest BCUT2D eigenvalue weighted by molar-refractivity contribution is 0.0734. The van der Waals surface area contributed by atoms with Crippen LogP contribution in [0.15, 0.2) is 53.2 Å². The SMILES string of the molecule is Cc1cc(-c2n[nH]c3c2CN(C(=O)c2ccc(-n4cccn4)cc2)CC3)c(C)o1. The Morgan fingerprint density at radius 1 is 1.21 bits per heavy atom. The number of amides is 1. The molecule has 0 saturated heterocycles. The van der Waals surface area contributed by atoms with Gasteiger partial charge >= 0.3 is 0 Å². The summed E-state index contributed by atoms with van der Waals surface area (Å²) in [5.41, 5.74) is 5.62. The maximum absolute atomic E-state index is 13.1. The number of hydrogen-bond acceptors (Lipinski definition) is 4. The lowest BCUT2D eigenvalue weighted by Gasteiger charge is -2.27. The largest absolute Gasteiger partial charge is 0.466 e. The van der Waals surface area contributed by atoms with Crippen LogP contribution in [0.4, 0.5) is 0 Å². The Hall–Kier alpha value is -3.61. The van der Waals surface area contributed by atoms with Crippen LogP contribution in [0.2, 0.25) is 0 Å². The second kappa shape index (κ2) is 6.77. The molecule has 0 bridgehead atoms. The lowest BCUT2D eigenvalue weighted by atomic mass is 10.0. The highest BCUT2D eigenvalue weighted by Gasteiger charge is 2.27. The van der Waals surface area contributed by atoms with Crippen LogP contribution in [0.25, 0.3) is 16.9 Å². The summed E-state index contributed by atoms with van der Waals surface area (Å²) in [7, 11) is 0. The molecule has 0 fully saturated rings. The number of furan rings is 1. The molecule has 1 aliphatic rings. The third-order valence-corrected chi connectivity index (χ3v) is 5.40. The van der Waals surface area contributed by atoms with Gasteiger partial charge in [0.1, 0.15) is 17.2 Å². The van der Waals surface area contributed by atoms with Crippen molar-refractivity contribution >= 4 is 5.91 Å². The second-order valence-electron chi connectivity index (χ2n) is 7.33. The van der Waals surface area contributed by atoms with Gasteiger partial charge in [-0.1, -0.05) is 0 Å². The normalized spacial score (nSPS) is 13.5. The van der Waals surface area contributed by atoms with Gasteiger partial charge in [-0.15, -0.1) is 0 Å². The number of nitrogens with zero attached hydrogens (tertiary/aromatic N) is 4. The van der Waals surface area contributed by atoms with Crippen molar-refractivity contribution in [2.45, 2.75) is 26.8 Å². The molecule has 7 heteroatoms. The van der Waals surface area contributed by atoms with Crippen molar-refractivity contribution in [3.8, 4) is 16.9 Å². The van der Waals surface area contributed by atoms with Crippen LogP contribution in [-0.4, -0.2) is 37.3 Å². The molecule has 1 N–H and O–H groups in total. The lowest BCUT2D eigenvalue weighted by Crippen LogP contribution is -2.35. The zero-order valence-corrected chi connectivity index (χ0v) is 16.3. The minimum Gasteiger partial charge on any atom is -0.466 e. The van der Waals surface area contributed by atoms with E-state index < -0.39 is 0 Å². The van der Waals surface area contributed by atoms with Crippen molar-refractivity contribution in [1.29, 1.82) is 0 Å². The number of H-pyrrole nitrogens is 1. The molecule has 5 rings (SSSR count). The van der Waals surface area contributed by atoms with Crippen LogP contribution in [0, 0.1) is 13.8 Å². The molecular formula is C22H21N5O2. The van der Waals surface area contributed by atoms with Crippen molar-refractivity contribution < 1.29 is 9.21 Å². The maximum Gasteiger partial charge on any atom is 0.254 e. The molecule has 146 valence electrons. The summed E-state index contributed by atoms with van der Waals surface area (Å²) in [6.45, 7) is 5.07. The van der Waals surface area contributed by atoms with Gasteiger partial charge < -0.3 is 9.32 Å². The van der Waals surface area contributed by atoms with Crippen LogP contribution in [0.3, 0.4) is 0 Å². The Morgan fingerprint density at radius 3 is 2.72 bits per heavy atom. The van der Waals surface area contributed by atoms with Crippen LogP contribution >= 0.6 is 0 Å². The van der Waals surface area contributed by atoms with Crippen molar-refractivity contribution in [3.63, 3.8) is 0 Å². The molecule has 1 aliphatic heterocycles. The smallest absolute Gasteiger partial charge is 0.254 e. The quantitative estimate of drug-likeness (QED) is 0.582. The fraction of sp³-hybridized carbons (Fsp3) is 0.227. The van der Waals surface area contributed by atoms with Gasteiger partial charge in [0.05, 0.1) is 5.69 Å². The van der Waals surface area contributed by atoms with Crippen molar-refractivity contribution in [2.24, 2.45) is 0 Å². The fourth-order valence-corrected chi connectivity index (χ4v) is 3.92. The molecule has 4 heterocycles. The highest BCUT2D eigenvalue weighted by atomic mass is 16.3.